The zero-order chi connectivity index (χ0) is 14.4. The van der Waals surface area contributed by atoms with Gasteiger partial charge in [0.1, 0.15) is 11.5 Å². The number of hydrogen-bond donors (Lipinski definition) is 0. The highest BCUT2D eigenvalue weighted by Gasteiger charge is 2.00. The smallest absolute Gasteiger partial charge is 0.336 e. The number of esters is 1. The van der Waals surface area contributed by atoms with Gasteiger partial charge in [-0.2, -0.15) is 0 Å². The van der Waals surface area contributed by atoms with E-state index in [9.17, 15) is 4.79 Å². The van der Waals surface area contributed by atoms with Gasteiger partial charge in [-0.3, -0.25) is 0 Å². The molecule has 0 N–H and O–H groups in total. The summed E-state index contributed by atoms with van der Waals surface area (Å²) >= 11 is 3.32. The third-order valence-corrected chi connectivity index (χ3v) is 3.07. The summed E-state index contributed by atoms with van der Waals surface area (Å²) in [5, 5.41) is 0. The molecule has 0 aliphatic carbocycles. The van der Waals surface area contributed by atoms with Gasteiger partial charge in [0.15, 0.2) is 0 Å². The Balaban J connectivity index is 1.99. The van der Waals surface area contributed by atoms with Crippen LogP contribution in [0.1, 0.15) is 5.56 Å². The number of rotatable bonds is 4. The number of carbonyl (C=O) groups is 1. The first-order valence-corrected chi connectivity index (χ1v) is 6.76. The molecule has 20 heavy (non-hydrogen) atoms. The van der Waals surface area contributed by atoms with E-state index in [1.807, 2.05) is 36.4 Å². The van der Waals surface area contributed by atoms with E-state index in [0.29, 0.717) is 5.75 Å². The van der Waals surface area contributed by atoms with E-state index < -0.39 is 5.97 Å². The number of benzene rings is 2. The van der Waals surface area contributed by atoms with E-state index in [1.54, 1.807) is 25.3 Å². The van der Waals surface area contributed by atoms with E-state index in [-0.39, 0.29) is 0 Å². The van der Waals surface area contributed by atoms with Crippen molar-refractivity contribution in [3.05, 3.63) is 64.6 Å². The van der Waals surface area contributed by atoms with Crippen LogP contribution in [-0.2, 0) is 4.79 Å². The van der Waals surface area contributed by atoms with Crippen LogP contribution in [0.15, 0.2) is 59.1 Å². The van der Waals surface area contributed by atoms with E-state index in [1.165, 1.54) is 6.08 Å². The van der Waals surface area contributed by atoms with Gasteiger partial charge in [-0.05, 0) is 48.0 Å². The van der Waals surface area contributed by atoms with Crippen molar-refractivity contribution in [1.29, 1.82) is 0 Å². The molecule has 0 radical (unpaired) electrons. The van der Waals surface area contributed by atoms with Crippen LogP contribution in [0.2, 0.25) is 0 Å². The molecule has 0 aliphatic heterocycles. The highest BCUT2D eigenvalue weighted by atomic mass is 79.9. The molecule has 0 fully saturated rings. The Hall–Kier alpha value is -2.07. The van der Waals surface area contributed by atoms with Crippen molar-refractivity contribution in [2.24, 2.45) is 0 Å². The summed E-state index contributed by atoms with van der Waals surface area (Å²) in [6.45, 7) is 0. The van der Waals surface area contributed by atoms with Crippen LogP contribution in [-0.4, -0.2) is 13.1 Å². The summed E-state index contributed by atoms with van der Waals surface area (Å²) < 4.78 is 11.2. The average Bonchev–Trinajstić information content (AvgIpc) is 2.48. The van der Waals surface area contributed by atoms with E-state index in [0.717, 1.165) is 15.8 Å². The van der Waals surface area contributed by atoms with Crippen LogP contribution in [0.4, 0.5) is 0 Å². The fourth-order valence-electron chi connectivity index (χ4n) is 1.56. The monoisotopic (exact) mass is 332 g/mol. The molecule has 0 unspecified atom stereocenters. The van der Waals surface area contributed by atoms with Gasteiger partial charge in [0.25, 0.3) is 0 Å². The van der Waals surface area contributed by atoms with Crippen LogP contribution >= 0.6 is 15.9 Å². The molecule has 3 nitrogen and oxygen atoms in total. The number of hydrogen-bond acceptors (Lipinski definition) is 3. The molecule has 0 bridgehead atoms. The Morgan fingerprint density at radius 2 is 1.85 bits per heavy atom. The quantitative estimate of drug-likeness (QED) is 0.481. The summed E-state index contributed by atoms with van der Waals surface area (Å²) in [5.41, 5.74) is 0.872. The van der Waals surface area contributed by atoms with Crippen LogP contribution in [0.5, 0.6) is 11.5 Å². The first-order chi connectivity index (χ1) is 9.67. The van der Waals surface area contributed by atoms with Crippen molar-refractivity contribution in [2.45, 2.75) is 0 Å². The predicted molar refractivity (Wildman–Crippen MR) is 81.8 cm³/mol. The number of ether oxygens (including phenoxy) is 2. The first-order valence-electron chi connectivity index (χ1n) is 5.97. The average molecular weight is 333 g/mol. The molecule has 2 aromatic rings. The lowest BCUT2D eigenvalue weighted by molar-refractivity contribution is -0.128. The molecular formula is C16H13BrO3. The Kier molecular flexibility index (Phi) is 4.96. The third-order valence-electron chi connectivity index (χ3n) is 2.54. The van der Waals surface area contributed by atoms with Crippen molar-refractivity contribution in [1.82, 2.24) is 0 Å². The molecule has 0 aliphatic rings. The summed E-state index contributed by atoms with van der Waals surface area (Å²) in [6.07, 6.45) is 3.07. The largest absolute Gasteiger partial charge is 0.497 e. The Morgan fingerprint density at radius 1 is 1.10 bits per heavy atom. The zero-order valence-corrected chi connectivity index (χ0v) is 12.5. The minimum Gasteiger partial charge on any atom is -0.497 e. The second-order valence-corrected chi connectivity index (χ2v) is 4.90. The van der Waals surface area contributed by atoms with Gasteiger partial charge in [0.2, 0.25) is 0 Å². The molecule has 102 valence electrons. The van der Waals surface area contributed by atoms with Crippen molar-refractivity contribution in [3.63, 3.8) is 0 Å². The summed E-state index contributed by atoms with van der Waals surface area (Å²) in [7, 11) is 1.60. The predicted octanol–water partition coefficient (Wildman–Crippen LogP) is 4.08. The van der Waals surface area contributed by atoms with Gasteiger partial charge in [-0.25, -0.2) is 4.79 Å². The Morgan fingerprint density at radius 3 is 2.55 bits per heavy atom. The lowest BCUT2D eigenvalue weighted by Gasteiger charge is -2.01. The maximum absolute atomic E-state index is 11.7. The van der Waals surface area contributed by atoms with Crippen molar-refractivity contribution in [3.8, 4) is 11.5 Å². The minimum atomic E-state index is -0.421. The fraction of sp³-hybridized carbons (Fsp3) is 0.0625. The molecule has 2 rings (SSSR count). The van der Waals surface area contributed by atoms with Gasteiger partial charge in [0.05, 0.1) is 7.11 Å². The molecular weight excluding hydrogens is 320 g/mol. The van der Waals surface area contributed by atoms with E-state index >= 15 is 0 Å². The first kappa shape index (κ1) is 14.3. The number of methoxy groups -OCH3 is 1. The van der Waals surface area contributed by atoms with Crippen LogP contribution in [0, 0.1) is 0 Å². The maximum atomic E-state index is 11.7. The van der Waals surface area contributed by atoms with Gasteiger partial charge in [-0.15, -0.1) is 0 Å². The van der Waals surface area contributed by atoms with E-state index in [2.05, 4.69) is 15.9 Å². The summed E-state index contributed by atoms with van der Waals surface area (Å²) in [4.78, 5) is 11.7. The molecule has 4 heteroatoms. The minimum absolute atomic E-state index is 0.421. The van der Waals surface area contributed by atoms with Crippen molar-refractivity contribution in [2.75, 3.05) is 7.11 Å². The van der Waals surface area contributed by atoms with Crippen molar-refractivity contribution >= 4 is 28.0 Å². The second-order valence-electron chi connectivity index (χ2n) is 3.98. The molecule has 0 heterocycles. The zero-order valence-electron chi connectivity index (χ0n) is 10.9. The van der Waals surface area contributed by atoms with Crippen LogP contribution < -0.4 is 9.47 Å². The molecule has 0 aromatic heterocycles. The molecule has 0 atom stereocenters. The topological polar surface area (TPSA) is 35.5 Å². The maximum Gasteiger partial charge on any atom is 0.336 e. The van der Waals surface area contributed by atoms with Gasteiger partial charge < -0.3 is 9.47 Å². The van der Waals surface area contributed by atoms with Crippen LogP contribution in [0.3, 0.4) is 0 Å². The highest BCUT2D eigenvalue weighted by Crippen LogP contribution is 2.17. The normalized spacial score (nSPS) is 10.5. The van der Waals surface area contributed by atoms with E-state index in [4.69, 9.17) is 9.47 Å². The number of halogens is 1. The van der Waals surface area contributed by atoms with Gasteiger partial charge in [0, 0.05) is 10.5 Å². The second kappa shape index (κ2) is 6.91. The van der Waals surface area contributed by atoms with Gasteiger partial charge in [-0.1, -0.05) is 28.1 Å². The molecule has 0 amide bonds. The standard InChI is InChI=1S/C16H13BrO3/c1-19-15-4-2-3-12(11-15)5-10-16(18)20-14-8-6-13(17)7-9-14/h2-11H,1H3. The summed E-state index contributed by atoms with van der Waals surface area (Å²) in [6, 6.07) is 14.5. The molecule has 0 saturated heterocycles. The molecule has 0 saturated carbocycles. The lowest BCUT2D eigenvalue weighted by Crippen LogP contribution is -2.03. The van der Waals surface area contributed by atoms with Gasteiger partial charge >= 0.3 is 5.97 Å². The fourth-order valence-corrected chi connectivity index (χ4v) is 1.83. The number of carbonyl (C=O) groups excluding carboxylic acids is 1. The Labute approximate surface area is 126 Å². The lowest BCUT2D eigenvalue weighted by atomic mass is 10.2. The molecule has 0 spiro atoms. The highest BCUT2D eigenvalue weighted by molar-refractivity contribution is 9.10. The third kappa shape index (κ3) is 4.24. The molecule has 2 aromatic carbocycles. The Bertz CT molecular complexity index is 618. The SMILES string of the molecule is COc1cccc(C=CC(=O)Oc2ccc(Br)cc2)c1. The van der Waals surface area contributed by atoms with Crippen LogP contribution in [0.25, 0.3) is 6.08 Å². The summed E-state index contributed by atoms with van der Waals surface area (Å²) in [5.74, 6) is 0.831. The van der Waals surface area contributed by atoms with Crippen molar-refractivity contribution < 1.29 is 14.3 Å².